The summed E-state index contributed by atoms with van der Waals surface area (Å²) >= 11 is 0. The highest BCUT2D eigenvalue weighted by atomic mass is 16.8. The van der Waals surface area contributed by atoms with Gasteiger partial charge in [0, 0.05) is 5.41 Å². The van der Waals surface area contributed by atoms with E-state index >= 15 is 0 Å². The van der Waals surface area contributed by atoms with Crippen molar-refractivity contribution in [1.29, 1.82) is 10.5 Å². The van der Waals surface area contributed by atoms with E-state index in [0.717, 1.165) is 25.7 Å². The maximum absolute atomic E-state index is 10.3. The quantitative estimate of drug-likeness (QED) is 0.771. The van der Waals surface area contributed by atoms with E-state index < -0.39 is 22.2 Å². The second-order valence-corrected chi connectivity index (χ2v) is 8.39. The monoisotopic (exact) mass is 363 g/mol. The maximum Gasteiger partial charge on any atom is 0.343 e. The topological polar surface area (TPSA) is 106 Å². The van der Waals surface area contributed by atoms with Gasteiger partial charge in [-0.1, -0.05) is 30.3 Å². The van der Waals surface area contributed by atoms with Crippen LogP contribution in [0, 0.1) is 38.9 Å². The van der Waals surface area contributed by atoms with Gasteiger partial charge in [0.25, 0.3) is 5.84 Å². The summed E-state index contributed by atoms with van der Waals surface area (Å²) in [7, 11) is 0. The van der Waals surface area contributed by atoms with Gasteiger partial charge in [0.15, 0.2) is 10.8 Å². The fourth-order valence-electron chi connectivity index (χ4n) is 6.36. The molecule has 6 nitrogen and oxygen atoms in total. The zero-order chi connectivity index (χ0) is 18.9. The molecule has 4 aliphatic rings. The molecule has 2 aliphatic carbocycles. The number of fused-ring (bicyclic) bond motifs is 4. The van der Waals surface area contributed by atoms with Gasteiger partial charge < -0.3 is 9.47 Å². The summed E-state index contributed by atoms with van der Waals surface area (Å²) in [6, 6.07) is 15.4. The number of nitrogens with zero attached hydrogens (tertiary/aromatic N) is 2. The van der Waals surface area contributed by atoms with E-state index in [1.807, 2.05) is 13.0 Å². The highest BCUT2D eigenvalue weighted by Crippen LogP contribution is 2.87. The molecule has 3 fully saturated rings. The Kier molecular flexibility index (Phi) is 3.16. The molecule has 5 rings (SSSR count). The van der Waals surface area contributed by atoms with Crippen LogP contribution in [-0.4, -0.2) is 24.5 Å². The van der Waals surface area contributed by atoms with E-state index in [9.17, 15) is 10.5 Å². The zero-order valence-electron chi connectivity index (χ0n) is 15.4. The van der Waals surface area contributed by atoms with Crippen LogP contribution in [0.15, 0.2) is 30.3 Å². The SMILES string of the molecule is C[C@@H]1CO[C@]2([NH+]=C(N)[C@@]3(C#N)C4(CCC(c5ccccc5)CC4)[C@@]23C#N)O1. The van der Waals surface area contributed by atoms with Gasteiger partial charge in [-0.25, -0.2) is 4.99 Å². The van der Waals surface area contributed by atoms with Gasteiger partial charge in [-0.3, -0.25) is 5.73 Å². The number of nitrogens with two attached hydrogens (primary N) is 1. The molecule has 0 unspecified atom stereocenters. The lowest BCUT2D eigenvalue weighted by molar-refractivity contribution is -0.680. The van der Waals surface area contributed by atoms with Crippen molar-refractivity contribution in [3.8, 4) is 12.1 Å². The first kappa shape index (κ1) is 16.7. The van der Waals surface area contributed by atoms with Gasteiger partial charge >= 0.3 is 5.91 Å². The van der Waals surface area contributed by atoms with Gasteiger partial charge in [-0.05, 0) is 44.1 Å². The molecule has 2 saturated carbocycles. The lowest BCUT2D eigenvalue weighted by Gasteiger charge is -2.35. The van der Waals surface area contributed by atoms with Crippen LogP contribution in [0.3, 0.4) is 0 Å². The van der Waals surface area contributed by atoms with Crippen molar-refractivity contribution >= 4 is 5.84 Å². The Bertz CT molecular complexity index is 908. The van der Waals surface area contributed by atoms with Gasteiger partial charge in [-0.15, -0.1) is 0 Å². The second kappa shape index (κ2) is 5.10. The molecule has 6 heteroatoms. The molecule has 1 aromatic carbocycles. The third kappa shape index (κ3) is 1.57. The minimum Gasteiger partial charge on any atom is -0.311 e. The third-order valence-electron chi connectivity index (χ3n) is 7.47. The minimum atomic E-state index is -1.30. The zero-order valence-corrected chi connectivity index (χ0v) is 15.4. The molecule has 0 aromatic heterocycles. The van der Waals surface area contributed by atoms with Crippen LogP contribution in [0.25, 0.3) is 0 Å². The van der Waals surface area contributed by atoms with E-state index in [4.69, 9.17) is 15.2 Å². The number of benzene rings is 1. The maximum atomic E-state index is 10.3. The van der Waals surface area contributed by atoms with Crippen LogP contribution in [0.4, 0.5) is 0 Å². The smallest absolute Gasteiger partial charge is 0.311 e. The van der Waals surface area contributed by atoms with Crippen molar-refractivity contribution in [2.45, 2.75) is 50.5 Å². The molecule has 2 aliphatic heterocycles. The van der Waals surface area contributed by atoms with Gasteiger partial charge in [0.05, 0.1) is 24.8 Å². The molecule has 0 radical (unpaired) electrons. The average molecular weight is 363 g/mol. The van der Waals surface area contributed by atoms with E-state index in [0.29, 0.717) is 18.4 Å². The summed E-state index contributed by atoms with van der Waals surface area (Å²) in [6.45, 7) is 2.29. The Labute approximate surface area is 158 Å². The highest BCUT2D eigenvalue weighted by molar-refractivity contribution is 5.95. The molecule has 0 bridgehead atoms. The fourth-order valence-corrected chi connectivity index (χ4v) is 6.36. The first-order valence-corrected chi connectivity index (χ1v) is 9.63. The van der Waals surface area contributed by atoms with E-state index in [2.05, 4.69) is 41.4 Å². The largest absolute Gasteiger partial charge is 0.343 e. The summed E-state index contributed by atoms with van der Waals surface area (Å²) in [5, 5.41) is 20.5. The van der Waals surface area contributed by atoms with E-state index in [1.54, 1.807) is 0 Å². The second-order valence-electron chi connectivity index (χ2n) is 8.39. The number of ether oxygens (including phenoxy) is 2. The predicted octanol–water partition coefficient (Wildman–Crippen LogP) is 0.905. The summed E-state index contributed by atoms with van der Waals surface area (Å²) in [5.74, 6) is -0.529. The average Bonchev–Trinajstić information content (AvgIpc) is 2.87. The number of nitriles is 2. The Balaban J connectivity index is 1.54. The molecule has 2 spiro atoms. The van der Waals surface area contributed by atoms with Crippen molar-refractivity contribution < 1.29 is 14.5 Å². The van der Waals surface area contributed by atoms with Crippen molar-refractivity contribution in [2.75, 3.05) is 6.61 Å². The van der Waals surface area contributed by atoms with E-state index in [1.165, 1.54) is 5.56 Å². The summed E-state index contributed by atoms with van der Waals surface area (Å²) in [5.41, 5.74) is 5.00. The Morgan fingerprint density at radius 1 is 1.15 bits per heavy atom. The van der Waals surface area contributed by atoms with Crippen molar-refractivity contribution in [3.05, 3.63) is 35.9 Å². The Hall–Kier alpha value is -2.41. The minimum absolute atomic E-state index is 0.150. The molecular formula is C21H23N4O2+. The molecule has 138 valence electrons. The lowest BCUT2D eigenvalue weighted by Crippen LogP contribution is -2.90. The molecule has 4 atom stereocenters. The Morgan fingerprint density at radius 2 is 1.85 bits per heavy atom. The van der Waals surface area contributed by atoms with Crippen LogP contribution < -0.4 is 10.7 Å². The van der Waals surface area contributed by atoms with Crippen molar-refractivity contribution in [2.24, 2.45) is 22.0 Å². The first-order valence-electron chi connectivity index (χ1n) is 9.63. The highest BCUT2D eigenvalue weighted by Gasteiger charge is 3.03. The summed E-state index contributed by atoms with van der Waals surface area (Å²) in [6.07, 6.45) is 3.23. The number of amidine groups is 1. The van der Waals surface area contributed by atoms with Gasteiger partial charge in [0.2, 0.25) is 0 Å². The molecule has 2 heterocycles. The number of rotatable bonds is 1. The standard InChI is InChI=1S/C21H22N4O2/c1-14-11-26-21(27-14)20(13-23)18(19(20,12-22)17(24)25-21)9-7-16(8-10-18)15-5-3-2-4-6-15/h2-6,14,16H,7-11H2,1H3,(H2,24,25)/p+1/t14-,16?,18?,19+,20-,21+/m1/s1. The summed E-state index contributed by atoms with van der Waals surface area (Å²) < 4.78 is 12.1. The number of nitrogens with one attached hydrogen (secondary N) is 1. The number of hydrogen-bond donors (Lipinski definition) is 2. The van der Waals surface area contributed by atoms with Crippen LogP contribution in [0.2, 0.25) is 0 Å². The molecule has 3 N–H and O–H groups in total. The Morgan fingerprint density at radius 3 is 2.41 bits per heavy atom. The van der Waals surface area contributed by atoms with Gasteiger partial charge in [0.1, 0.15) is 0 Å². The number of hydrogen-bond acceptors (Lipinski definition) is 5. The molecular weight excluding hydrogens is 340 g/mol. The fraction of sp³-hybridized carbons (Fsp3) is 0.571. The molecule has 0 amide bonds. The first-order chi connectivity index (χ1) is 13.0. The van der Waals surface area contributed by atoms with Crippen molar-refractivity contribution in [1.82, 2.24) is 0 Å². The van der Waals surface area contributed by atoms with Crippen LogP contribution in [0.1, 0.15) is 44.1 Å². The summed E-state index contributed by atoms with van der Waals surface area (Å²) in [4.78, 5) is 3.06. The molecule has 1 saturated heterocycles. The lowest BCUT2D eigenvalue weighted by atomic mass is 9.71. The van der Waals surface area contributed by atoms with Crippen LogP contribution in [0.5, 0.6) is 0 Å². The molecule has 1 aromatic rings. The normalized spacial score (nSPS) is 47.3. The van der Waals surface area contributed by atoms with Crippen molar-refractivity contribution in [3.63, 3.8) is 0 Å². The van der Waals surface area contributed by atoms with Crippen LogP contribution >= 0.6 is 0 Å². The van der Waals surface area contributed by atoms with Gasteiger partial charge in [-0.2, -0.15) is 10.5 Å². The predicted molar refractivity (Wildman–Crippen MR) is 95.6 cm³/mol. The van der Waals surface area contributed by atoms with Crippen LogP contribution in [-0.2, 0) is 9.47 Å². The molecule has 27 heavy (non-hydrogen) atoms. The third-order valence-corrected chi connectivity index (χ3v) is 7.47. The van der Waals surface area contributed by atoms with E-state index in [-0.39, 0.29) is 6.10 Å².